The molecule has 232 valence electrons. The summed E-state index contributed by atoms with van der Waals surface area (Å²) in [6, 6.07) is 3.04. The summed E-state index contributed by atoms with van der Waals surface area (Å²) >= 11 is 3.31. The second-order valence-corrected chi connectivity index (χ2v) is 11.5. The van der Waals surface area contributed by atoms with E-state index in [1.54, 1.807) is 30.3 Å². The van der Waals surface area contributed by atoms with Crippen LogP contribution in [0.2, 0.25) is 0 Å². The summed E-state index contributed by atoms with van der Waals surface area (Å²) in [6.45, 7) is 4.98. The molecule has 0 bridgehead atoms. The Morgan fingerprint density at radius 2 is 1.86 bits per heavy atom. The summed E-state index contributed by atoms with van der Waals surface area (Å²) in [7, 11) is 3.22. The van der Waals surface area contributed by atoms with Crippen molar-refractivity contribution < 1.29 is 28.8 Å². The predicted octanol–water partition coefficient (Wildman–Crippen LogP) is 2.50. The molecule has 2 aliphatic heterocycles. The third-order valence-electron chi connectivity index (χ3n) is 7.31. The number of rotatable bonds is 10. The quantitative estimate of drug-likeness (QED) is 0.195. The minimum Gasteiger partial charge on any atom is -0.387 e. The molecule has 2 aliphatic rings. The number of hydrogen-bond donors (Lipinski definition) is 3. The molecule has 0 saturated carbocycles. The molecule has 43 heavy (non-hydrogen) atoms. The van der Waals surface area contributed by atoms with Crippen molar-refractivity contribution in [2.45, 2.75) is 44.6 Å². The van der Waals surface area contributed by atoms with Crippen LogP contribution in [0.15, 0.2) is 35.1 Å². The molecule has 0 radical (unpaired) electrons. The Morgan fingerprint density at radius 3 is 2.51 bits per heavy atom. The Labute approximate surface area is 257 Å². The van der Waals surface area contributed by atoms with E-state index < -0.39 is 22.9 Å². The molecule has 2 fully saturated rings. The number of likely N-dealkylation sites (tertiary alicyclic amines) is 1. The molecular weight excluding hydrogens is 626 g/mol. The van der Waals surface area contributed by atoms with Crippen LogP contribution >= 0.6 is 15.9 Å². The maximum atomic E-state index is 13.8. The van der Waals surface area contributed by atoms with Crippen molar-refractivity contribution in [3.63, 3.8) is 0 Å². The topological polar surface area (TPSA) is 168 Å². The summed E-state index contributed by atoms with van der Waals surface area (Å²) < 4.78 is 11.2. The average molecular weight is 663 g/mol. The number of aromatic nitrogens is 1. The molecule has 0 aliphatic carbocycles. The van der Waals surface area contributed by atoms with Crippen molar-refractivity contribution in [2.75, 3.05) is 57.6 Å². The lowest BCUT2D eigenvalue weighted by atomic mass is 10.1. The molecule has 0 spiro atoms. The van der Waals surface area contributed by atoms with Crippen molar-refractivity contribution in [1.82, 2.24) is 20.1 Å². The van der Waals surface area contributed by atoms with Gasteiger partial charge in [0.15, 0.2) is 0 Å². The van der Waals surface area contributed by atoms with Gasteiger partial charge in [-0.1, -0.05) is 15.9 Å². The van der Waals surface area contributed by atoms with E-state index in [-0.39, 0.29) is 72.6 Å². The second-order valence-electron chi connectivity index (χ2n) is 10.6. The van der Waals surface area contributed by atoms with Gasteiger partial charge in [0.2, 0.25) is 5.91 Å². The number of hydrogen-bond acceptors (Lipinski definition) is 10. The lowest BCUT2D eigenvalue weighted by Gasteiger charge is -2.35. The molecule has 3 N–H and O–H groups in total. The number of halogens is 1. The van der Waals surface area contributed by atoms with Gasteiger partial charge in [-0.2, -0.15) is 0 Å². The first-order valence-corrected chi connectivity index (χ1v) is 14.7. The lowest BCUT2D eigenvalue weighted by molar-refractivity contribution is -0.384. The van der Waals surface area contributed by atoms with Gasteiger partial charge in [-0.15, -0.1) is 0 Å². The Balaban J connectivity index is 1.67. The molecule has 3 heterocycles. The van der Waals surface area contributed by atoms with Crippen molar-refractivity contribution in [3.8, 4) is 0 Å². The van der Waals surface area contributed by atoms with E-state index >= 15 is 0 Å². The number of nitro groups is 1. The van der Waals surface area contributed by atoms with Gasteiger partial charge in [-0.3, -0.25) is 29.5 Å². The largest absolute Gasteiger partial charge is 0.387 e. The van der Waals surface area contributed by atoms with Crippen molar-refractivity contribution in [2.24, 2.45) is 0 Å². The summed E-state index contributed by atoms with van der Waals surface area (Å²) in [6.07, 6.45) is 2.74. The molecule has 4 atom stereocenters. The summed E-state index contributed by atoms with van der Waals surface area (Å²) in [5.74, 6) is -1.19. The highest BCUT2D eigenvalue weighted by atomic mass is 79.9. The van der Waals surface area contributed by atoms with Crippen LogP contribution in [0.1, 0.15) is 41.0 Å². The van der Waals surface area contributed by atoms with Crippen LogP contribution in [0, 0.1) is 10.1 Å². The maximum Gasteiger partial charge on any atom is 0.294 e. The number of nitrogens with one attached hydrogen (secondary N) is 3. The smallest absolute Gasteiger partial charge is 0.294 e. The van der Waals surface area contributed by atoms with E-state index in [1.165, 1.54) is 24.3 Å². The van der Waals surface area contributed by atoms with Gasteiger partial charge >= 0.3 is 0 Å². The van der Waals surface area contributed by atoms with Gasteiger partial charge in [-0.05, 0) is 32.4 Å². The highest BCUT2D eigenvalue weighted by molar-refractivity contribution is 9.10. The van der Waals surface area contributed by atoms with Crippen molar-refractivity contribution in [1.29, 1.82) is 0 Å². The third-order valence-corrected chi connectivity index (χ3v) is 7.77. The molecule has 1 aromatic heterocycles. The number of carbonyl (C=O) groups is 3. The number of pyridine rings is 1. The Hall–Kier alpha value is -3.82. The fourth-order valence-electron chi connectivity index (χ4n) is 5.44. The number of carbonyl (C=O) groups excluding carboxylic acids is 3. The van der Waals surface area contributed by atoms with Gasteiger partial charge in [-0.25, -0.2) is 0 Å². The standard InChI is InChI=1S/C28H36BrN7O7/c1-16-13-34(14-17(2)43-16)28(39)22-8-19(29)9-23(36(40)41)25(22)33-21-10-24(26(37)32-5-6-42-4)35(15-21)27(38)18-7-20(30-3)12-31-11-18/h7-9,11-12,16-17,21,24,30,33H,5-6,10,13-15H2,1-4H3,(H,32,37)/t16-,17+,21-,24+/m1/s1. The number of ether oxygens (including phenoxy) is 2. The van der Waals surface area contributed by atoms with Crippen LogP contribution in [-0.2, 0) is 14.3 Å². The number of anilines is 2. The van der Waals surface area contributed by atoms with E-state index in [0.717, 1.165) is 0 Å². The number of nitrogens with zero attached hydrogens (tertiary/aromatic N) is 4. The molecule has 4 rings (SSSR count). The van der Waals surface area contributed by atoms with Crippen LogP contribution in [-0.4, -0.2) is 109 Å². The number of amides is 3. The zero-order valence-corrected chi connectivity index (χ0v) is 26.0. The molecule has 14 nitrogen and oxygen atoms in total. The third kappa shape index (κ3) is 7.58. The number of morpholine rings is 1. The highest BCUT2D eigenvalue weighted by Gasteiger charge is 2.41. The van der Waals surface area contributed by atoms with Crippen molar-refractivity contribution >= 4 is 50.7 Å². The van der Waals surface area contributed by atoms with Crippen LogP contribution in [0.3, 0.4) is 0 Å². The van der Waals surface area contributed by atoms with Gasteiger partial charge in [0, 0.05) is 69.3 Å². The highest BCUT2D eigenvalue weighted by Crippen LogP contribution is 2.36. The van der Waals surface area contributed by atoms with Gasteiger partial charge < -0.3 is 35.2 Å². The lowest BCUT2D eigenvalue weighted by Crippen LogP contribution is -2.48. The average Bonchev–Trinajstić information content (AvgIpc) is 3.40. The van der Waals surface area contributed by atoms with Gasteiger partial charge in [0.1, 0.15) is 11.7 Å². The first-order chi connectivity index (χ1) is 20.5. The Kier molecular flexibility index (Phi) is 10.5. The number of nitro benzene ring substituents is 1. The zero-order chi connectivity index (χ0) is 31.3. The van der Waals surface area contributed by atoms with E-state index in [9.17, 15) is 24.5 Å². The first kappa shape index (κ1) is 32.1. The van der Waals surface area contributed by atoms with Crippen LogP contribution < -0.4 is 16.0 Å². The molecule has 2 saturated heterocycles. The SMILES string of the molecule is CNc1cncc(C(=O)N2C[C@H](Nc3c(C(=O)N4C[C@@H](C)O[C@@H](C)C4)cc(Br)cc3[N+](=O)[O-])C[C@H]2C(=O)NCCOC)c1. The zero-order valence-electron chi connectivity index (χ0n) is 24.5. The summed E-state index contributed by atoms with van der Waals surface area (Å²) in [4.78, 5) is 59.5. The van der Waals surface area contributed by atoms with Crippen LogP contribution in [0.4, 0.5) is 17.1 Å². The normalized spacial score (nSPS) is 21.8. The maximum absolute atomic E-state index is 13.8. The second kappa shape index (κ2) is 14.1. The first-order valence-electron chi connectivity index (χ1n) is 13.9. The van der Waals surface area contributed by atoms with E-state index in [4.69, 9.17) is 9.47 Å². The minimum atomic E-state index is -0.880. The fourth-order valence-corrected chi connectivity index (χ4v) is 5.89. The number of methoxy groups -OCH3 is 1. The molecule has 2 aromatic rings. The van der Waals surface area contributed by atoms with E-state index in [1.807, 2.05) is 13.8 Å². The van der Waals surface area contributed by atoms with Crippen molar-refractivity contribution in [3.05, 3.63) is 56.3 Å². The fraction of sp³-hybridized carbons (Fsp3) is 0.500. The molecule has 0 unspecified atom stereocenters. The monoisotopic (exact) mass is 661 g/mol. The van der Waals surface area contributed by atoms with E-state index in [2.05, 4.69) is 36.9 Å². The summed E-state index contributed by atoms with van der Waals surface area (Å²) in [5, 5.41) is 21.1. The predicted molar refractivity (Wildman–Crippen MR) is 162 cm³/mol. The molecule has 15 heteroatoms. The van der Waals surface area contributed by atoms with Gasteiger partial charge in [0.25, 0.3) is 17.5 Å². The Bertz CT molecular complexity index is 1370. The van der Waals surface area contributed by atoms with Crippen LogP contribution in [0.5, 0.6) is 0 Å². The number of benzene rings is 1. The Morgan fingerprint density at radius 1 is 1.14 bits per heavy atom. The minimum absolute atomic E-state index is 0.0293. The summed E-state index contributed by atoms with van der Waals surface area (Å²) in [5.41, 5.74) is 0.745. The molecule has 1 aromatic carbocycles. The molecular formula is C28H36BrN7O7. The van der Waals surface area contributed by atoms with Crippen LogP contribution in [0.25, 0.3) is 0 Å². The van der Waals surface area contributed by atoms with Gasteiger partial charge in [0.05, 0.1) is 40.6 Å². The molecule has 3 amide bonds. The van der Waals surface area contributed by atoms with E-state index in [0.29, 0.717) is 23.2 Å².